The number of fused-ring (bicyclic) bond motifs is 1. The van der Waals surface area contributed by atoms with Gasteiger partial charge in [0.15, 0.2) is 5.17 Å². The third-order valence-corrected chi connectivity index (χ3v) is 6.33. The number of hydrogen-bond donors (Lipinski definition) is 2. The van der Waals surface area contributed by atoms with E-state index in [1.165, 1.54) is 23.9 Å². The Balaban J connectivity index is 1.68. The molecule has 0 saturated heterocycles. The lowest BCUT2D eigenvalue weighted by Crippen LogP contribution is -2.37. The van der Waals surface area contributed by atoms with Crippen molar-refractivity contribution in [1.29, 1.82) is 0 Å². The zero-order chi connectivity index (χ0) is 19.0. The van der Waals surface area contributed by atoms with Gasteiger partial charge in [-0.25, -0.2) is 9.37 Å². The third kappa shape index (κ3) is 3.41. The number of nitrogens with one attached hydrogen (secondary N) is 1. The maximum absolute atomic E-state index is 14.8. The van der Waals surface area contributed by atoms with Crippen LogP contribution in [0.15, 0.2) is 41.4 Å². The molecule has 3 N–H and O–H groups in total. The first-order valence-corrected chi connectivity index (χ1v) is 10.1. The largest absolute Gasteiger partial charge is 0.379 e. The van der Waals surface area contributed by atoms with E-state index in [1.54, 1.807) is 24.3 Å². The molecule has 1 aromatic carbocycles. The number of benzene rings is 1. The average Bonchev–Trinajstić information content (AvgIpc) is 3.07. The van der Waals surface area contributed by atoms with Crippen LogP contribution in [-0.4, -0.2) is 21.8 Å². The number of aliphatic imine (C=N–C) groups is 1. The van der Waals surface area contributed by atoms with Crippen LogP contribution in [-0.2, 0) is 5.54 Å². The standard InChI is InChI=1S/C19H18ClFN4OS/c20-16-5-1-4-15(24-16)17(26)23-12-6-7-14(21)13(9-12)19-8-2-3-11(19)10-27-18(22)25-19/h1,4-7,9,11H,2-3,8,10H2,(H2,22,25)(H,23,26). The quantitative estimate of drug-likeness (QED) is 0.752. The van der Waals surface area contributed by atoms with Crippen molar-refractivity contribution in [1.82, 2.24) is 4.98 Å². The normalized spacial score (nSPS) is 24.2. The fourth-order valence-electron chi connectivity index (χ4n) is 3.92. The van der Waals surface area contributed by atoms with E-state index in [2.05, 4.69) is 15.3 Å². The number of rotatable bonds is 3. The van der Waals surface area contributed by atoms with Crippen LogP contribution in [0.5, 0.6) is 0 Å². The van der Waals surface area contributed by atoms with Gasteiger partial charge in [-0.1, -0.05) is 35.9 Å². The Morgan fingerprint density at radius 1 is 1.37 bits per heavy atom. The van der Waals surface area contributed by atoms with Crippen LogP contribution in [0, 0.1) is 11.7 Å². The molecule has 2 aliphatic rings. The third-order valence-electron chi connectivity index (χ3n) is 5.17. The van der Waals surface area contributed by atoms with Crippen molar-refractivity contribution in [3.63, 3.8) is 0 Å². The number of hydrogen-bond acceptors (Lipinski definition) is 5. The lowest BCUT2D eigenvalue weighted by molar-refractivity contribution is 0.102. The molecule has 2 aromatic rings. The van der Waals surface area contributed by atoms with Crippen molar-refractivity contribution in [3.05, 3.63) is 58.6 Å². The number of amides is 1. The van der Waals surface area contributed by atoms with Crippen molar-refractivity contribution in [3.8, 4) is 0 Å². The molecule has 140 valence electrons. The SMILES string of the molecule is NC1=NC2(c3cc(NC(=O)c4cccc(Cl)n4)ccc3F)CCCC2CS1. The Hall–Kier alpha value is -2.12. The van der Waals surface area contributed by atoms with Gasteiger partial charge in [-0.05, 0) is 49.1 Å². The first-order chi connectivity index (χ1) is 13.0. The molecule has 1 saturated carbocycles. The van der Waals surface area contributed by atoms with Gasteiger partial charge in [-0.15, -0.1) is 0 Å². The van der Waals surface area contributed by atoms with Gasteiger partial charge in [0, 0.05) is 17.0 Å². The van der Waals surface area contributed by atoms with E-state index in [1.807, 2.05) is 0 Å². The van der Waals surface area contributed by atoms with Crippen molar-refractivity contribution in [2.45, 2.75) is 24.8 Å². The maximum atomic E-state index is 14.8. The molecular weight excluding hydrogens is 387 g/mol. The summed E-state index contributed by atoms with van der Waals surface area (Å²) in [6.45, 7) is 0. The molecular formula is C19H18ClFN4OS. The zero-order valence-electron chi connectivity index (χ0n) is 14.4. The average molecular weight is 405 g/mol. The number of carbonyl (C=O) groups excluding carboxylic acids is 1. The highest BCUT2D eigenvalue weighted by Crippen LogP contribution is 2.51. The van der Waals surface area contributed by atoms with E-state index in [9.17, 15) is 9.18 Å². The predicted octanol–water partition coefficient (Wildman–Crippen LogP) is 4.18. The van der Waals surface area contributed by atoms with Crippen LogP contribution in [0.25, 0.3) is 0 Å². The number of nitrogens with two attached hydrogens (primary N) is 1. The Bertz CT molecular complexity index is 938. The molecule has 1 aliphatic carbocycles. The second-order valence-corrected chi connectivity index (χ2v) is 8.20. The molecule has 5 nitrogen and oxygen atoms in total. The van der Waals surface area contributed by atoms with Crippen LogP contribution in [0.4, 0.5) is 10.1 Å². The van der Waals surface area contributed by atoms with Crippen LogP contribution in [0.2, 0.25) is 5.15 Å². The predicted molar refractivity (Wildman–Crippen MR) is 107 cm³/mol. The monoisotopic (exact) mass is 404 g/mol. The number of carbonyl (C=O) groups is 1. The van der Waals surface area contributed by atoms with Crippen LogP contribution in [0.3, 0.4) is 0 Å². The van der Waals surface area contributed by atoms with Crippen molar-refractivity contribution in [2.75, 3.05) is 11.1 Å². The second-order valence-electron chi connectivity index (χ2n) is 6.77. The van der Waals surface area contributed by atoms with Gasteiger partial charge in [0.1, 0.15) is 16.7 Å². The van der Waals surface area contributed by atoms with E-state index in [0.717, 1.165) is 25.0 Å². The van der Waals surface area contributed by atoms with Crippen LogP contribution < -0.4 is 11.1 Å². The molecule has 8 heteroatoms. The number of thioether (sulfide) groups is 1. The fraction of sp³-hybridized carbons (Fsp3) is 0.316. The minimum Gasteiger partial charge on any atom is -0.379 e. The number of nitrogens with zero attached hydrogens (tertiary/aromatic N) is 2. The summed E-state index contributed by atoms with van der Waals surface area (Å²) in [5, 5.41) is 3.49. The van der Waals surface area contributed by atoms with Crippen molar-refractivity contribution >= 4 is 40.1 Å². The van der Waals surface area contributed by atoms with Gasteiger partial charge in [-0.2, -0.15) is 0 Å². The van der Waals surface area contributed by atoms with Gasteiger partial charge >= 0.3 is 0 Å². The fourth-order valence-corrected chi connectivity index (χ4v) is 5.13. The van der Waals surface area contributed by atoms with Gasteiger partial charge in [0.25, 0.3) is 5.91 Å². The van der Waals surface area contributed by atoms with E-state index in [4.69, 9.17) is 17.3 Å². The number of aromatic nitrogens is 1. The lowest BCUT2D eigenvalue weighted by atomic mass is 9.81. The van der Waals surface area contributed by atoms with E-state index in [-0.39, 0.29) is 22.6 Å². The number of anilines is 1. The first-order valence-electron chi connectivity index (χ1n) is 8.70. The summed E-state index contributed by atoms with van der Waals surface area (Å²) in [4.78, 5) is 21.1. The van der Waals surface area contributed by atoms with Crippen LogP contribution >= 0.6 is 23.4 Å². The molecule has 2 unspecified atom stereocenters. The second kappa shape index (κ2) is 7.13. The molecule has 1 aliphatic heterocycles. The molecule has 0 radical (unpaired) electrons. The molecule has 1 aromatic heterocycles. The Morgan fingerprint density at radius 3 is 3.04 bits per heavy atom. The highest BCUT2D eigenvalue weighted by molar-refractivity contribution is 8.13. The highest BCUT2D eigenvalue weighted by Gasteiger charge is 2.48. The molecule has 0 bridgehead atoms. The topological polar surface area (TPSA) is 80.4 Å². The summed E-state index contributed by atoms with van der Waals surface area (Å²) in [5.41, 5.74) is 6.51. The molecule has 4 rings (SSSR count). The molecule has 0 spiro atoms. The molecule has 2 atom stereocenters. The molecule has 2 heterocycles. The van der Waals surface area contributed by atoms with Crippen molar-refractivity contribution in [2.24, 2.45) is 16.6 Å². The Morgan fingerprint density at radius 2 is 2.22 bits per heavy atom. The van der Waals surface area contributed by atoms with Crippen LogP contribution in [0.1, 0.15) is 35.3 Å². The molecule has 27 heavy (non-hydrogen) atoms. The summed E-state index contributed by atoms with van der Waals surface area (Å²) in [7, 11) is 0. The first kappa shape index (κ1) is 18.3. The van der Waals surface area contributed by atoms with Gasteiger partial charge in [0.05, 0.1) is 5.54 Å². The van der Waals surface area contributed by atoms with Gasteiger partial charge in [0.2, 0.25) is 0 Å². The Labute approximate surface area is 165 Å². The minimum absolute atomic E-state index is 0.196. The molecule has 1 fully saturated rings. The smallest absolute Gasteiger partial charge is 0.274 e. The summed E-state index contributed by atoms with van der Waals surface area (Å²) < 4.78 is 14.8. The van der Waals surface area contributed by atoms with Gasteiger partial charge < -0.3 is 11.1 Å². The van der Waals surface area contributed by atoms with E-state index < -0.39 is 11.4 Å². The minimum atomic E-state index is -0.644. The van der Waals surface area contributed by atoms with Crippen molar-refractivity contribution < 1.29 is 9.18 Å². The number of halogens is 2. The summed E-state index contributed by atoms with van der Waals surface area (Å²) in [6.07, 6.45) is 2.72. The summed E-state index contributed by atoms with van der Waals surface area (Å²) in [6, 6.07) is 9.39. The number of pyridine rings is 1. The maximum Gasteiger partial charge on any atom is 0.274 e. The lowest BCUT2D eigenvalue weighted by Gasteiger charge is -2.36. The van der Waals surface area contributed by atoms with E-state index in [0.29, 0.717) is 16.4 Å². The number of amidine groups is 1. The molecule has 1 amide bonds. The summed E-state index contributed by atoms with van der Waals surface area (Å²) in [5.74, 6) is 0.337. The zero-order valence-corrected chi connectivity index (χ0v) is 16.0. The van der Waals surface area contributed by atoms with Gasteiger partial charge in [-0.3, -0.25) is 9.79 Å². The highest BCUT2D eigenvalue weighted by atomic mass is 35.5. The van der Waals surface area contributed by atoms with E-state index >= 15 is 0 Å². The Kier molecular flexibility index (Phi) is 4.82. The summed E-state index contributed by atoms with van der Waals surface area (Å²) >= 11 is 7.37.